The summed E-state index contributed by atoms with van der Waals surface area (Å²) >= 11 is 0. The number of benzene rings is 1. The number of carbonyl (C=O) groups is 1. The molecule has 92 valence electrons. The molecule has 3 heteroatoms. The molecule has 0 fully saturated rings. The lowest BCUT2D eigenvalue weighted by atomic mass is 9.86. The Morgan fingerprint density at radius 1 is 1.33 bits per heavy atom. The molecule has 2 aliphatic rings. The zero-order valence-corrected chi connectivity index (χ0v) is 10.1. The molecule has 4 rings (SSSR count). The number of carboxylic acids is 1. The summed E-state index contributed by atoms with van der Waals surface area (Å²) in [5.74, 6) is -0.834. The number of fused-ring (bicyclic) bond motifs is 3. The number of rotatable bonds is 1. The highest BCUT2D eigenvalue weighted by atomic mass is 16.4. The van der Waals surface area contributed by atoms with E-state index in [1.807, 2.05) is 0 Å². The molecule has 1 atom stereocenters. The Morgan fingerprint density at radius 3 is 3.06 bits per heavy atom. The highest BCUT2D eigenvalue weighted by Crippen LogP contribution is 2.38. The van der Waals surface area contributed by atoms with Gasteiger partial charge in [-0.3, -0.25) is 4.79 Å². The van der Waals surface area contributed by atoms with E-state index >= 15 is 0 Å². The summed E-state index contributed by atoms with van der Waals surface area (Å²) in [6.45, 7) is 1.03. The first kappa shape index (κ1) is 10.2. The van der Waals surface area contributed by atoms with E-state index < -0.39 is 5.97 Å². The summed E-state index contributed by atoms with van der Waals surface area (Å²) in [4.78, 5) is 11.2. The van der Waals surface area contributed by atoms with Crippen LogP contribution in [0.2, 0.25) is 0 Å². The van der Waals surface area contributed by atoms with Gasteiger partial charge in [-0.1, -0.05) is 18.2 Å². The van der Waals surface area contributed by atoms with Crippen molar-refractivity contribution in [2.45, 2.75) is 32.2 Å². The van der Waals surface area contributed by atoms with Crippen LogP contribution >= 0.6 is 0 Å². The summed E-state index contributed by atoms with van der Waals surface area (Å²) < 4.78 is 2.37. The number of aryl methyl sites for hydroxylation is 3. The fourth-order valence-corrected chi connectivity index (χ4v) is 3.66. The zero-order chi connectivity index (χ0) is 12.3. The van der Waals surface area contributed by atoms with E-state index in [9.17, 15) is 9.90 Å². The Hall–Kier alpha value is -1.77. The number of hydrogen-bond acceptors (Lipinski definition) is 1. The molecule has 0 saturated heterocycles. The van der Waals surface area contributed by atoms with Crippen molar-refractivity contribution < 1.29 is 9.90 Å². The average Bonchev–Trinajstić information content (AvgIpc) is 2.94. The second-order valence-corrected chi connectivity index (χ2v) is 5.42. The molecule has 1 aromatic heterocycles. The van der Waals surface area contributed by atoms with Crippen molar-refractivity contribution in [3.63, 3.8) is 0 Å². The molecule has 0 radical (unpaired) electrons. The highest BCUT2D eigenvalue weighted by Gasteiger charge is 2.31. The second kappa shape index (κ2) is 3.37. The van der Waals surface area contributed by atoms with Crippen molar-refractivity contribution >= 4 is 16.9 Å². The number of carboxylic acid groups (broad SMARTS) is 1. The van der Waals surface area contributed by atoms with E-state index in [0.717, 1.165) is 25.8 Å². The van der Waals surface area contributed by atoms with Crippen LogP contribution in [0.25, 0.3) is 10.9 Å². The topological polar surface area (TPSA) is 42.2 Å². The molecule has 1 aromatic carbocycles. The molecule has 2 heterocycles. The van der Waals surface area contributed by atoms with E-state index in [0.29, 0.717) is 6.42 Å². The van der Waals surface area contributed by atoms with Crippen LogP contribution in [0.15, 0.2) is 18.2 Å². The van der Waals surface area contributed by atoms with Gasteiger partial charge in [0, 0.05) is 24.0 Å². The number of nitrogens with zero attached hydrogens (tertiary/aromatic N) is 1. The van der Waals surface area contributed by atoms with Crippen LogP contribution < -0.4 is 0 Å². The van der Waals surface area contributed by atoms with Crippen LogP contribution in [0.1, 0.15) is 23.2 Å². The molecule has 0 saturated carbocycles. The smallest absolute Gasteiger partial charge is 0.306 e. The van der Waals surface area contributed by atoms with E-state index in [1.54, 1.807) is 0 Å². The third-order valence-electron chi connectivity index (χ3n) is 4.53. The van der Waals surface area contributed by atoms with E-state index in [1.165, 1.54) is 27.7 Å². The fourth-order valence-electron chi connectivity index (χ4n) is 3.66. The SMILES string of the molecule is O=C(O)C1CCc2c(n3c4c(cccc24)CC3)C1. The molecule has 1 aliphatic heterocycles. The van der Waals surface area contributed by atoms with Gasteiger partial charge in [0.15, 0.2) is 0 Å². The number of hydrogen-bond donors (Lipinski definition) is 1. The predicted molar refractivity (Wildman–Crippen MR) is 68.8 cm³/mol. The Bertz CT molecular complexity index is 669. The third-order valence-corrected chi connectivity index (χ3v) is 4.53. The van der Waals surface area contributed by atoms with Gasteiger partial charge < -0.3 is 9.67 Å². The van der Waals surface area contributed by atoms with Crippen LogP contribution in [-0.2, 0) is 30.6 Å². The monoisotopic (exact) mass is 241 g/mol. The first-order valence-electron chi connectivity index (χ1n) is 6.60. The number of para-hydroxylation sites is 1. The molecule has 2 aromatic rings. The molecule has 1 aliphatic carbocycles. The maximum Gasteiger partial charge on any atom is 0.306 e. The van der Waals surface area contributed by atoms with Gasteiger partial charge in [-0.2, -0.15) is 0 Å². The Labute approximate surface area is 105 Å². The van der Waals surface area contributed by atoms with Crippen LogP contribution in [0, 0.1) is 5.92 Å². The maximum absolute atomic E-state index is 11.2. The van der Waals surface area contributed by atoms with Crippen molar-refractivity contribution in [1.29, 1.82) is 0 Å². The molecule has 18 heavy (non-hydrogen) atoms. The molecule has 0 spiro atoms. The van der Waals surface area contributed by atoms with Crippen LogP contribution in [0.3, 0.4) is 0 Å². The first-order valence-corrected chi connectivity index (χ1v) is 6.60. The molecule has 0 bridgehead atoms. The summed E-state index contributed by atoms with van der Waals surface area (Å²) in [5, 5.41) is 10.6. The van der Waals surface area contributed by atoms with Gasteiger partial charge in [-0.15, -0.1) is 0 Å². The lowest BCUT2D eigenvalue weighted by Gasteiger charge is -2.20. The van der Waals surface area contributed by atoms with Crippen LogP contribution in [0.4, 0.5) is 0 Å². The molecule has 3 nitrogen and oxygen atoms in total. The van der Waals surface area contributed by atoms with Crippen molar-refractivity contribution in [1.82, 2.24) is 4.57 Å². The van der Waals surface area contributed by atoms with Gasteiger partial charge in [0.1, 0.15) is 0 Å². The van der Waals surface area contributed by atoms with Gasteiger partial charge >= 0.3 is 5.97 Å². The van der Waals surface area contributed by atoms with E-state index in [2.05, 4.69) is 22.8 Å². The minimum absolute atomic E-state index is 0.192. The van der Waals surface area contributed by atoms with E-state index in [4.69, 9.17) is 0 Å². The van der Waals surface area contributed by atoms with Gasteiger partial charge in [0.25, 0.3) is 0 Å². The first-order chi connectivity index (χ1) is 8.75. The van der Waals surface area contributed by atoms with Gasteiger partial charge in [-0.25, -0.2) is 0 Å². The van der Waals surface area contributed by atoms with E-state index in [-0.39, 0.29) is 5.92 Å². The largest absolute Gasteiger partial charge is 0.481 e. The predicted octanol–water partition coefficient (Wildman–Crippen LogP) is 2.39. The molecule has 1 unspecified atom stereocenters. The van der Waals surface area contributed by atoms with Crippen molar-refractivity contribution in [2.75, 3.05) is 0 Å². The molecule has 0 amide bonds. The summed E-state index contributed by atoms with van der Waals surface area (Å²) in [7, 11) is 0. The van der Waals surface area contributed by atoms with Gasteiger partial charge in [-0.05, 0) is 30.4 Å². The normalized spacial score (nSPS) is 21.2. The van der Waals surface area contributed by atoms with Crippen LogP contribution in [0.5, 0.6) is 0 Å². The fraction of sp³-hybridized carbons (Fsp3) is 0.400. The molecule has 1 N–H and O–H groups in total. The van der Waals surface area contributed by atoms with Gasteiger partial charge in [0.05, 0.1) is 11.4 Å². The minimum Gasteiger partial charge on any atom is -0.481 e. The Morgan fingerprint density at radius 2 is 2.22 bits per heavy atom. The number of aromatic nitrogens is 1. The Balaban J connectivity index is 1.96. The quantitative estimate of drug-likeness (QED) is 0.833. The summed E-state index contributed by atoms with van der Waals surface area (Å²) in [6.07, 6.45) is 3.50. The summed E-state index contributed by atoms with van der Waals surface area (Å²) in [5.41, 5.74) is 5.49. The lowest BCUT2D eigenvalue weighted by molar-refractivity contribution is -0.142. The zero-order valence-electron chi connectivity index (χ0n) is 10.1. The standard InChI is InChI=1S/C15H15NO2/c17-15(18)10-4-5-11-12-3-1-2-9-6-7-16(14(9)12)13(11)8-10/h1-3,10H,4-8H2,(H,17,18). The number of aliphatic carboxylic acids is 1. The summed E-state index contributed by atoms with van der Waals surface area (Å²) in [6, 6.07) is 6.53. The average molecular weight is 241 g/mol. The van der Waals surface area contributed by atoms with Crippen molar-refractivity contribution in [3.05, 3.63) is 35.0 Å². The molecular weight excluding hydrogens is 226 g/mol. The molecular formula is C15H15NO2. The third kappa shape index (κ3) is 1.17. The van der Waals surface area contributed by atoms with Gasteiger partial charge in [0.2, 0.25) is 0 Å². The second-order valence-electron chi connectivity index (χ2n) is 5.42. The highest BCUT2D eigenvalue weighted by molar-refractivity contribution is 5.90. The van der Waals surface area contributed by atoms with Crippen LogP contribution in [-0.4, -0.2) is 15.6 Å². The minimum atomic E-state index is -0.642. The van der Waals surface area contributed by atoms with Crippen molar-refractivity contribution in [2.24, 2.45) is 5.92 Å². The Kier molecular flexibility index (Phi) is 1.91. The lowest BCUT2D eigenvalue weighted by Crippen LogP contribution is -2.23. The van der Waals surface area contributed by atoms with Crippen molar-refractivity contribution in [3.8, 4) is 0 Å². The maximum atomic E-state index is 11.2.